The largest absolute Gasteiger partial charge is 0.394 e. The number of hydrogen-bond donors (Lipinski definition) is 2. The van der Waals surface area contributed by atoms with Crippen LogP contribution in [0.25, 0.3) is 0 Å². The van der Waals surface area contributed by atoms with Crippen molar-refractivity contribution in [3.63, 3.8) is 0 Å². The summed E-state index contributed by atoms with van der Waals surface area (Å²) >= 11 is 5.70. The summed E-state index contributed by atoms with van der Waals surface area (Å²) in [6.45, 7) is -0.222. The van der Waals surface area contributed by atoms with Crippen molar-refractivity contribution in [3.8, 4) is 0 Å². The molecule has 78 valence electrons. The highest BCUT2D eigenvalue weighted by Crippen LogP contribution is 2.20. The second-order valence-corrected chi connectivity index (χ2v) is 3.39. The zero-order valence-corrected chi connectivity index (χ0v) is 8.61. The molecule has 2 unspecified atom stereocenters. The molecule has 14 heavy (non-hydrogen) atoms. The van der Waals surface area contributed by atoms with Crippen molar-refractivity contribution in [2.24, 2.45) is 0 Å². The SMILES string of the molecule is COC(CO)C(O)c1ccc(Cl)cc1. The second-order valence-electron chi connectivity index (χ2n) is 2.95. The molecular formula is C10H13ClO3. The zero-order chi connectivity index (χ0) is 10.6. The summed E-state index contributed by atoms with van der Waals surface area (Å²) < 4.78 is 4.91. The molecule has 0 aliphatic heterocycles. The first-order valence-corrected chi connectivity index (χ1v) is 4.64. The molecule has 1 rings (SSSR count). The highest BCUT2D eigenvalue weighted by atomic mass is 35.5. The van der Waals surface area contributed by atoms with Gasteiger partial charge in [-0.25, -0.2) is 0 Å². The number of aliphatic hydroxyl groups is 2. The predicted octanol–water partition coefficient (Wildman–Crippen LogP) is 1.38. The first-order chi connectivity index (χ1) is 6.69. The number of methoxy groups -OCH3 is 1. The van der Waals surface area contributed by atoms with Crippen LogP contribution in [0.3, 0.4) is 0 Å². The summed E-state index contributed by atoms with van der Waals surface area (Å²) in [6, 6.07) is 6.78. The first-order valence-electron chi connectivity index (χ1n) is 4.26. The highest BCUT2D eigenvalue weighted by Gasteiger charge is 2.19. The Hall–Kier alpha value is -0.610. The van der Waals surface area contributed by atoms with Gasteiger partial charge in [-0.1, -0.05) is 23.7 Å². The molecule has 1 aromatic carbocycles. The van der Waals surface area contributed by atoms with E-state index < -0.39 is 12.2 Å². The van der Waals surface area contributed by atoms with Crippen molar-refractivity contribution in [3.05, 3.63) is 34.9 Å². The molecule has 0 bridgehead atoms. The van der Waals surface area contributed by atoms with Gasteiger partial charge in [0.05, 0.1) is 6.61 Å². The van der Waals surface area contributed by atoms with E-state index in [1.807, 2.05) is 0 Å². The van der Waals surface area contributed by atoms with Crippen molar-refractivity contribution in [2.75, 3.05) is 13.7 Å². The molecule has 0 heterocycles. The Kier molecular flexibility index (Phi) is 4.35. The van der Waals surface area contributed by atoms with Crippen molar-refractivity contribution in [2.45, 2.75) is 12.2 Å². The highest BCUT2D eigenvalue weighted by molar-refractivity contribution is 6.30. The van der Waals surface area contributed by atoms with E-state index in [1.165, 1.54) is 7.11 Å². The lowest BCUT2D eigenvalue weighted by Gasteiger charge is -2.19. The molecule has 0 aromatic heterocycles. The predicted molar refractivity (Wildman–Crippen MR) is 54.3 cm³/mol. The van der Waals surface area contributed by atoms with Crippen LogP contribution >= 0.6 is 11.6 Å². The van der Waals surface area contributed by atoms with Crippen molar-refractivity contribution in [1.82, 2.24) is 0 Å². The fourth-order valence-corrected chi connectivity index (χ4v) is 1.30. The van der Waals surface area contributed by atoms with Crippen molar-refractivity contribution >= 4 is 11.6 Å². The number of benzene rings is 1. The Morgan fingerprint density at radius 1 is 1.36 bits per heavy atom. The van der Waals surface area contributed by atoms with Gasteiger partial charge in [-0.3, -0.25) is 0 Å². The van der Waals surface area contributed by atoms with E-state index in [0.29, 0.717) is 10.6 Å². The Morgan fingerprint density at radius 3 is 2.36 bits per heavy atom. The van der Waals surface area contributed by atoms with Crippen LogP contribution in [-0.4, -0.2) is 30.0 Å². The molecule has 0 fully saturated rings. The fourth-order valence-electron chi connectivity index (χ4n) is 1.18. The molecule has 2 atom stereocenters. The molecule has 2 N–H and O–H groups in total. The molecular weight excluding hydrogens is 204 g/mol. The zero-order valence-electron chi connectivity index (χ0n) is 7.85. The minimum atomic E-state index is -0.831. The van der Waals surface area contributed by atoms with E-state index in [0.717, 1.165) is 0 Å². The Morgan fingerprint density at radius 2 is 1.93 bits per heavy atom. The van der Waals surface area contributed by atoms with Gasteiger partial charge in [-0.05, 0) is 17.7 Å². The molecule has 3 nitrogen and oxygen atoms in total. The van der Waals surface area contributed by atoms with Crippen LogP contribution < -0.4 is 0 Å². The van der Waals surface area contributed by atoms with Gasteiger partial charge in [0, 0.05) is 12.1 Å². The van der Waals surface area contributed by atoms with Crippen LogP contribution in [0.1, 0.15) is 11.7 Å². The van der Waals surface area contributed by atoms with E-state index >= 15 is 0 Å². The summed E-state index contributed by atoms with van der Waals surface area (Å²) in [5, 5.41) is 19.3. The summed E-state index contributed by atoms with van der Waals surface area (Å²) in [4.78, 5) is 0. The molecule has 0 radical (unpaired) electrons. The van der Waals surface area contributed by atoms with E-state index in [9.17, 15) is 5.11 Å². The third-order valence-electron chi connectivity index (χ3n) is 2.05. The van der Waals surface area contributed by atoms with Crippen LogP contribution in [0.4, 0.5) is 0 Å². The number of aliphatic hydroxyl groups excluding tert-OH is 2. The number of rotatable bonds is 4. The fraction of sp³-hybridized carbons (Fsp3) is 0.400. The van der Waals surface area contributed by atoms with Crippen LogP contribution in [0, 0.1) is 0 Å². The van der Waals surface area contributed by atoms with Gasteiger partial charge in [-0.15, -0.1) is 0 Å². The minimum absolute atomic E-state index is 0.222. The number of halogens is 1. The summed E-state index contributed by atoms with van der Waals surface area (Å²) in [7, 11) is 1.44. The summed E-state index contributed by atoms with van der Waals surface area (Å²) in [5.74, 6) is 0. The number of ether oxygens (including phenoxy) is 1. The van der Waals surface area contributed by atoms with Gasteiger partial charge in [0.25, 0.3) is 0 Å². The molecule has 1 aromatic rings. The van der Waals surface area contributed by atoms with Crippen molar-refractivity contribution in [1.29, 1.82) is 0 Å². The van der Waals surface area contributed by atoms with Crippen LogP contribution in [-0.2, 0) is 4.74 Å². The van der Waals surface area contributed by atoms with Gasteiger partial charge in [0.2, 0.25) is 0 Å². The van der Waals surface area contributed by atoms with Crippen LogP contribution in [0.5, 0.6) is 0 Å². The molecule has 0 aliphatic carbocycles. The third kappa shape index (κ3) is 2.69. The lowest BCUT2D eigenvalue weighted by Crippen LogP contribution is -2.24. The average Bonchev–Trinajstić information content (AvgIpc) is 2.20. The van der Waals surface area contributed by atoms with Crippen LogP contribution in [0.15, 0.2) is 24.3 Å². The number of hydrogen-bond acceptors (Lipinski definition) is 3. The van der Waals surface area contributed by atoms with E-state index in [4.69, 9.17) is 21.4 Å². The maximum Gasteiger partial charge on any atom is 0.110 e. The van der Waals surface area contributed by atoms with Gasteiger partial charge in [-0.2, -0.15) is 0 Å². The van der Waals surface area contributed by atoms with Gasteiger partial charge >= 0.3 is 0 Å². The summed E-state index contributed by atoms with van der Waals surface area (Å²) in [5.41, 5.74) is 0.676. The molecule has 0 spiro atoms. The second kappa shape index (κ2) is 5.32. The first kappa shape index (κ1) is 11.5. The average molecular weight is 217 g/mol. The maximum absolute atomic E-state index is 9.74. The standard InChI is InChI=1S/C10H13ClO3/c1-14-9(6-12)10(13)7-2-4-8(11)5-3-7/h2-5,9-10,12-13H,6H2,1H3. The topological polar surface area (TPSA) is 49.7 Å². The Balaban J connectivity index is 2.77. The van der Waals surface area contributed by atoms with Gasteiger partial charge in [0.1, 0.15) is 12.2 Å². The smallest absolute Gasteiger partial charge is 0.110 e. The molecule has 4 heteroatoms. The molecule has 0 amide bonds. The Bertz CT molecular complexity index is 269. The van der Waals surface area contributed by atoms with Crippen LogP contribution in [0.2, 0.25) is 5.02 Å². The van der Waals surface area contributed by atoms with Crippen molar-refractivity contribution < 1.29 is 14.9 Å². The molecule has 0 saturated carbocycles. The maximum atomic E-state index is 9.74. The van der Waals surface area contributed by atoms with Gasteiger partial charge < -0.3 is 14.9 Å². The van der Waals surface area contributed by atoms with Gasteiger partial charge in [0.15, 0.2) is 0 Å². The quantitative estimate of drug-likeness (QED) is 0.800. The normalized spacial score (nSPS) is 15.1. The monoisotopic (exact) mass is 216 g/mol. The van der Waals surface area contributed by atoms with E-state index in [2.05, 4.69) is 0 Å². The van der Waals surface area contributed by atoms with E-state index in [1.54, 1.807) is 24.3 Å². The molecule has 0 saturated heterocycles. The summed E-state index contributed by atoms with van der Waals surface area (Å²) in [6.07, 6.45) is -1.43. The van der Waals surface area contributed by atoms with E-state index in [-0.39, 0.29) is 6.61 Å². The lowest BCUT2D eigenvalue weighted by atomic mass is 10.1. The minimum Gasteiger partial charge on any atom is -0.394 e. The lowest BCUT2D eigenvalue weighted by molar-refractivity contribution is -0.0424. The third-order valence-corrected chi connectivity index (χ3v) is 2.30. The molecule has 0 aliphatic rings. The Labute approximate surface area is 87.9 Å².